The number of rotatable bonds is 7. The van der Waals surface area contributed by atoms with Crippen LogP contribution in [0.4, 0.5) is 0 Å². The highest BCUT2D eigenvalue weighted by Gasteiger charge is 2.05. The molecule has 0 radical (unpaired) electrons. The summed E-state index contributed by atoms with van der Waals surface area (Å²) < 4.78 is 0. The van der Waals surface area contributed by atoms with Crippen LogP contribution in [0.2, 0.25) is 0 Å². The van der Waals surface area contributed by atoms with Gasteiger partial charge in [-0.2, -0.15) is 0 Å². The zero-order valence-corrected chi connectivity index (χ0v) is 7.37. The van der Waals surface area contributed by atoms with Gasteiger partial charge in [0.15, 0.2) is 0 Å². The molecule has 0 heterocycles. The zero-order valence-electron chi connectivity index (χ0n) is 7.37. The summed E-state index contributed by atoms with van der Waals surface area (Å²) >= 11 is 0. The predicted octanol–water partition coefficient (Wildman–Crippen LogP) is 1.96. The van der Waals surface area contributed by atoms with Gasteiger partial charge >= 0.3 is 0 Å². The van der Waals surface area contributed by atoms with Crippen LogP contribution >= 0.6 is 0 Å². The average molecular weight is 183 g/mol. The summed E-state index contributed by atoms with van der Waals surface area (Å²) in [5.74, 6) is 0.121. The van der Waals surface area contributed by atoms with E-state index in [1.54, 1.807) is 0 Å². The molecule has 0 saturated heterocycles. The van der Waals surface area contributed by atoms with Crippen LogP contribution in [-0.4, -0.2) is 19.6 Å². The average Bonchev–Trinajstić information content (AvgIpc) is 2.17. The number of nitrogens with two attached hydrogens (primary N) is 1. The van der Waals surface area contributed by atoms with E-state index in [1.807, 2.05) is 0 Å². The van der Waals surface area contributed by atoms with Crippen LogP contribution in [0.3, 0.4) is 0 Å². The van der Waals surface area contributed by atoms with E-state index in [9.17, 15) is 0 Å². The van der Waals surface area contributed by atoms with E-state index in [0.717, 1.165) is 12.8 Å². The van der Waals surface area contributed by atoms with Crippen molar-refractivity contribution in [3.63, 3.8) is 0 Å². The highest BCUT2D eigenvalue weighted by atomic mass is 15.1. The van der Waals surface area contributed by atoms with E-state index < -0.39 is 0 Å². The lowest BCUT2D eigenvalue weighted by atomic mass is 10.0. The maximum absolute atomic E-state index is 8.10. The number of hydrogen-bond donors (Lipinski definition) is 1. The van der Waals surface area contributed by atoms with Gasteiger partial charge in [-0.1, -0.05) is 10.2 Å². The van der Waals surface area contributed by atoms with Crippen molar-refractivity contribution < 1.29 is 0 Å². The molecule has 0 spiro atoms. The lowest BCUT2D eigenvalue weighted by molar-refractivity contribution is 0.491. The molecule has 2 N–H and O–H groups in total. The van der Waals surface area contributed by atoms with Gasteiger partial charge in [0.2, 0.25) is 0 Å². The van der Waals surface area contributed by atoms with Crippen molar-refractivity contribution in [2.45, 2.75) is 12.8 Å². The Kier molecular flexibility index (Phi) is 7.73. The Balaban J connectivity index is 3.85. The van der Waals surface area contributed by atoms with E-state index >= 15 is 0 Å². The highest BCUT2D eigenvalue weighted by molar-refractivity contribution is 4.66. The zero-order chi connectivity index (χ0) is 9.94. The lowest BCUT2D eigenvalue weighted by Gasteiger charge is -2.09. The summed E-state index contributed by atoms with van der Waals surface area (Å²) in [6, 6.07) is 0. The van der Waals surface area contributed by atoms with Crippen LogP contribution in [0.1, 0.15) is 12.8 Å². The second-order valence-corrected chi connectivity index (χ2v) is 2.62. The topological polar surface area (TPSA) is 124 Å². The molecule has 0 aliphatic rings. The van der Waals surface area contributed by atoms with Gasteiger partial charge in [-0.25, -0.2) is 0 Å². The second kappa shape index (κ2) is 8.67. The fourth-order valence-corrected chi connectivity index (χ4v) is 0.951. The lowest BCUT2D eigenvalue weighted by Crippen LogP contribution is -2.11. The van der Waals surface area contributed by atoms with Crippen LogP contribution in [0, 0.1) is 5.92 Å². The Bertz CT molecular complexity index is 193. The van der Waals surface area contributed by atoms with Gasteiger partial charge < -0.3 is 5.73 Å². The van der Waals surface area contributed by atoms with Gasteiger partial charge in [0.25, 0.3) is 0 Å². The molecule has 0 unspecified atom stereocenters. The van der Waals surface area contributed by atoms with Gasteiger partial charge in [0.05, 0.1) is 0 Å². The summed E-state index contributed by atoms with van der Waals surface area (Å²) in [6.07, 6.45) is 1.68. The summed E-state index contributed by atoms with van der Waals surface area (Å²) in [5, 5.41) is 6.87. The Morgan fingerprint density at radius 2 is 1.69 bits per heavy atom. The molecule has 0 rings (SSSR count). The second-order valence-electron chi connectivity index (χ2n) is 2.62. The minimum absolute atomic E-state index is 0.121. The standard InChI is InChI=1S/C6H13N7/c7-3-1-2-6(4-10-12-8)5-11-13-9/h6H,1-5,7H2. The number of nitrogens with zero attached hydrogens (tertiary/aromatic N) is 6. The first-order chi connectivity index (χ1) is 6.35. The van der Waals surface area contributed by atoms with E-state index in [-0.39, 0.29) is 5.92 Å². The van der Waals surface area contributed by atoms with Crippen molar-refractivity contribution in [2.75, 3.05) is 19.6 Å². The van der Waals surface area contributed by atoms with E-state index in [4.69, 9.17) is 16.8 Å². The molecule has 0 aliphatic carbocycles. The third-order valence-corrected chi connectivity index (χ3v) is 1.62. The fourth-order valence-electron chi connectivity index (χ4n) is 0.951. The van der Waals surface area contributed by atoms with Crippen molar-refractivity contribution in [3.8, 4) is 0 Å². The first kappa shape index (κ1) is 11.6. The van der Waals surface area contributed by atoms with E-state index in [0.29, 0.717) is 19.6 Å². The van der Waals surface area contributed by atoms with E-state index in [1.165, 1.54) is 0 Å². The molecule has 0 aromatic heterocycles. The molecule has 13 heavy (non-hydrogen) atoms. The Morgan fingerprint density at radius 1 is 1.15 bits per heavy atom. The molecule has 7 heteroatoms. The minimum Gasteiger partial charge on any atom is -0.330 e. The monoisotopic (exact) mass is 183 g/mol. The van der Waals surface area contributed by atoms with Crippen molar-refractivity contribution >= 4 is 0 Å². The molecule has 0 bridgehead atoms. The molecular weight excluding hydrogens is 170 g/mol. The molecule has 7 nitrogen and oxygen atoms in total. The van der Waals surface area contributed by atoms with Gasteiger partial charge in [0, 0.05) is 22.9 Å². The summed E-state index contributed by atoms with van der Waals surface area (Å²) in [5.41, 5.74) is 21.5. The van der Waals surface area contributed by atoms with Gasteiger partial charge in [-0.05, 0) is 36.4 Å². The first-order valence-electron chi connectivity index (χ1n) is 4.07. The largest absolute Gasteiger partial charge is 0.330 e. The van der Waals surface area contributed by atoms with Crippen molar-refractivity contribution in [2.24, 2.45) is 21.9 Å². The summed E-state index contributed by atoms with van der Waals surface area (Å²) in [7, 11) is 0. The maximum Gasteiger partial charge on any atom is 0.0287 e. The Hall–Kier alpha value is -1.42. The smallest absolute Gasteiger partial charge is 0.0287 e. The molecule has 0 aromatic carbocycles. The quantitative estimate of drug-likeness (QED) is 0.361. The van der Waals surface area contributed by atoms with Gasteiger partial charge in [-0.3, -0.25) is 0 Å². The number of azide groups is 2. The highest BCUT2D eigenvalue weighted by Crippen LogP contribution is 2.07. The molecule has 0 aliphatic heterocycles. The molecular formula is C6H13N7. The summed E-state index contributed by atoms with van der Waals surface area (Å²) in [6.45, 7) is 1.34. The van der Waals surface area contributed by atoms with Gasteiger partial charge in [0.1, 0.15) is 0 Å². The Labute approximate surface area is 76.2 Å². The molecule has 0 saturated carbocycles. The normalized spacial score (nSPS) is 11.2. The fraction of sp³-hybridized carbons (Fsp3) is 1.00. The molecule has 0 amide bonds. The minimum atomic E-state index is 0.121. The first-order valence-corrected chi connectivity index (χ1v) is 4.07. The van der Waals surface area contributed by atoms with E-state index in [2.05, 4.69) is 20.1 Å². The van der Waals surface area contributed by atoms with Crippen LogP contribution < -0.4 is 5.73 Å². The molecule has 0 aromatic rings. The van der Waals surface area contributed by atoms with Crippen molar-refractivity contribution in [3.05, 3.63) is 20.9 Å². The van der Waals surface area contributed by atoms with Crippen LogP contribution in [-0.2, 0) is 0 Å². The third-order valence-electron chi connectivity index (χ3n) is 1.62. The number of hydrogen-bond acceptors (Lipinski definition) is 3. The van der Waals surface area contributed by atoms with Crippen LogP contribution in [0.15, 0.2) is 10.2 Å². The third kappa shape index (κ3) is 6.96. The predicted molar refractivity (Wildman–Crippen MR) is 49.8 cm³/mol. The van der Waals surface area contributed by atoms with Crippen LogP contribution in [0.5, 0.6) is 0 Å². The van der Waals surface area contributed by atoms with Crippen molar-refractivity contribution in [1.29, 1.82) is 0 Å². The maximum atomic E-state index is 8.10. The molecule has 0 atom stereocenters. The van der Waals surface area contributed by atoms with Gasteiger partial charge in [-0.15, -0.1) is 0 Å². The molecule has 72 valence electrons. The SMILES string of the molecule is [N-]=[N+]=NCC(CCCN)CN=[N+]=[N-]. The van der Waals surface area contributed by atoms with Crippen molar-refractivity contribution in [1.82, 2.24) is 0 Å². The molecule has 0 fully saturated rings. The van der Waals surface area contributed by atoms with Crippen LogP contribution in [0.25, 0.3) is 20.9 Å². The Morgan fingerprint density at radius 3 is 2.08 bits per heavy atom. The summed E-state index contributed by atoms with van der Waals surface area (Å²) in [4.78, 5) is 5.30.